The maximum absolute atomic E-state index is 14.6. The number of hydrogen-bond acceptors (Lipinski definition) is 11. The highest BCUT2D eigenvalue weighted by Crippen LogP contribution is 2.27. The van der Waals surface area contributed by atoms with E-state index in [0.29, 0.717) is 12.8 Å². The Morgan fingerprint density at radius 1 is 0.553 bits per heavy atom. The molecular formula is C55H80Cl2N10O9. The van der Waals surface area contributed by atoms with Gasteiger partial charge in [-0.05, 0) is 95.8 Å². The van der Waals surface area contributed by atoms with Crippen LogP contribution in [0, 0.1) is 11.8 Å². The summed E-state index contributed by atoms with van der Waals surface area (Å²) >= 11 is 0. The molecule has 0 aromatic heterocycles. The van der Waals surface area contributed by atoms with Crippen LogP contribution in [0.4, 0.5) is 0 Å². The van der Waals surface area contributed by atoms with Crippen LogP contribution < -0.4 is 47.3 Å². The van der Waals surface area contributed by atoms with Crippen LogP contribution in [0.3, 0.4) is 0 Å². The van der Waals surface area contributed by atoms with E-state index in [1.807, 2.05) is 102 Å². The lowest BCUT2D eigenvalue weighted by Crippen LogP contribution is -2.57. The van der Waals surface area contributed by atoms with Crippen LogP contribution in [0.15, 0.2) is 78.9 Å². The summed E-state index contributed by atoms with van der Waals surface area (Å²) in [5.74, 6) is -4.11. The van der Waals surface area contributed by atoms with E-state index in [4.69, 9.17) is 4.74 Å². The molecule has 0 bridgehead atoms. The summed E-state index contributed by atoms with van der Waals surface area (Å²) in [6.45, 7) is 14.5. The second-order valence-electron chi connectivity index (χ2n) is 19.8. The maximum atomic E-state index is 14.6. The number of hydrogen-bond donors (Lipinski definition) is 8. The van der Waals surface area contributed by atoms with Crippen molar-refractivity contribution in [1.29, 1.82) is 0 Å². The number of amides is 8. The van der Waals surface area contributed by atoms with Crippen LogP contribution in [-0.2, 0) is 28.8 Å². The van der Waals surface area contributed by atoms with Crippen molar-refractivity contribution in [2.24, 2.45) is 11.8 Å². The number of nitrogens with zero attached hydrogens (tertiary/aromatic N) is 2. The van der Waals surface area contributed by atoms with E-state index < -0.39 is 95.9 Å². The van der Waals surface area contributed by atoms with Gasteiger partial charge in [-0.25, -0.2) is 0 Å². The van der Waals surface area contributed by atoms with Gasteiger partial charge in [0.25, 0.3) is 11.8 Å². The molecule has 2 aliphatic rings. The Labute approximate surface area is 460 Å². The molecule has 0 saturated carbocycles. The van der Waals surface area contributed by atoms with Gasteiger partial charge < -0.3 is 57.1 Å². The summed E-state index contributed by atoms with van der Waals surface area (Å²) in [4.78, 5) is 115. The Kier molecular flexibility index (Phi) is 25.2. The molecule has 2 heterocycles. The molecule has 418 valence electrons. The predicted octanol–water partition coefficient (Wildman–Crippen LogP) is 3.97. The summed E-state index contributed by atoms with van der Waals surface area (Å²) in [6.07, 6.45) is 1.23. The zero-order valence-electron chi connectivity index (χ0n) is 45.6. The lowest BCUT2D eigenvalue weighted by molar-refractivity contribution is -0.143. The molecule has 21 heteroatoms. The van der Waals surface area contributed by atoms with E-state index in [1.165, 1.54) is 35.1 Å². The van der Waals surface area contributed by atoms with E-state index >= 15 is 0 Å². The smallest absolute Gasteiger partial charge is 0.251 e. The predicted molar refractivity (Wildman–Crippen MR) is 296 cm³/mol. The second-order valence-corrected chi connectivity index (χ2v) is 19.8. The van der Waals surface area contributed by atoms with E-state index in [1.54, 1.807) is 27.9 Å². The van der Waals surface area contributed by atoms with Crippen LogP contribution >= 0.6 is 24.8 Å². The molecule has 2 saturated heterocycles. The zero-order valence-corrected chi connectivity index (χ0v) is 47.2. The number of methoxy groups -OCH3 is 1. The third-order valence-corrected chi connectivity index (χ3v) is 14.6. The monoisotopic (exact) mass is 1090 g/mol. The molecule has 0 spiro atoms. The number of benzene rings is 3. The SMILES string of the molecule is CC[C@H](C)C(NC(=O)[C@H](C)NC)C(=O)N1C[C@@H](NC(=O)c2cc(OC)cc(C(=O)N[C@H]3C[C@@H](C(=O)N[C@H](C)c4ccccc4)N(C(=O)C(NC(=O)[C@H](C)NC)[C@@H](C)CC)C3)c2)C[C@H]1C(=O)NC(C)c1ccccc1.Cl.Cl. The highest BCUT2D eigenvalue weighted by Gasteiger charge is 2.46. The fraction of sp³-hybridized carbons (Fsp3) is 0.527. The minimum Gasteiger partial charge on any atom is -0.497 e. The zero-order chi connectivity index (χ0) is 54.4. The molecule has 3 aromatic rings. The standard InChI is InChI=1S/C55H78N10O9.2ClH/c1-12-31(3)46(62-48(66)35(7)56-9)54(72)64-29-41(27-44(64)52(70)58-33(5)37-20-16-14-17-21-37)60-50(68)39-24-40(26-43(25-39)74-11)51(69)61-42-28-45(53(71)59-34(6)38-22-18-15-19-23-38)65(30-42)55(73)47(32(4)13-2)63-49(67)36(8)57-10;;/h14-26,31-36,41-42,44-47,56-57H,12-13,27-30H2,1-11H3,(H,58,70)(H,59,71)(H,60,68)(H,61,69)(H,62,66)(H,63,67);2*1H/t31-,32-,33+,34?,35-,36-,41-,42-,44-,45-,46?,47?;;/m0../s1. The first-order valence-electron chi connectivity index (χ1n) is 25.8. The van der Waals surface area contributed by atoms with E-state index in [9.17, 15) is 38.4 Å². The highest BCUT2D eigenvalue weighted by atomic mass is 35.5. The van der Waals surface area contributed by atoms with Crippen molar-refractivity contribution in [1.82, 2.24) is 52.3 Å². The van der Waals surface area contributed by atoms with Gasteiger partial charge in [-0.15, -0.1) is 24.8 Å². The van der Waals surface area contributed by atoms with Crippen LogP contribution in [0.25, 0.3) is 0 Å². The van der Waals surface area contributed by atoms with E-state index in [0.717, 1.165) is 11.1 Å². The average molecular weight is 1100 g/mol. The Morgan fingerprint density at radius 2 is 0.908 bits per heavy atom. The van der Waals surface area contributed by atoms with Gasteiger partial charge in [0.15, 0.2) is 0 Å². The molecule has 8 amide bonds. The van der Waals surface area contributed by atoms with Gasteiger partial charge in [-0.3, -0.25) is 38.4 Å². The molecular weight excluding hydrogens is 1020 g/mol. The number of carbonyl (C=O) groups excluding carboxylic acids is 8. The van der Waals surface area contributed by atoms with Gasteiger partial charge in [-0.2, -0.15) is 0 Å². The average Bonchev–Trinajstić information content (AvgIpc) is 4.05. The molecule has 2 fully saturated rings. The topological polar surface area (TPSA) is 249 Å². The minimum atomic E-state index is -1.00. The molecule has 12 atom stereocenters. The second kappa shape index (κ2) is 29.9. The lowest BCUT2D eigenvalue weighted by atomic mass is 9.97. The van der Waals surface area contributed by atoms with Gasteiger partial charge in [-0.1, -0.05) is 101 Å². The van der Waals surface area contributed by atoms with Crippen LogP contribution in [0.5, 0.6) is 5.75 Å². The van der Waals surface area contributed by atoms with Gasteiger partial charge in [0, 0.05) is 36.3 Å². The van der Waals surface area contributed by atoms with Gasteiger partial charge in [0.2, 0.25) is 35.4 Å². The van der Waals surface area contributed by atoms with Crippen molar-refractivity contribution >= 4 is 72.1 Å². The molecule has 5 rings (SSSR count). The molecule has 76 heavy (non-hydrogen) atoms. The number of carbonyl (C=O) groups is 8. The summed E-state index contributed by atoms with van der Waals surface area (Å²) in [5, 5.41) is 23.6. The third kappa shape index (κ3) is 16.4. The molecule has 3 unspecified atom stereocenters. The molecule has 3 aromatic carbocycles. The van der Waals surface area contributed by atoms with E-state index in [-0.39, 0.29) is 91.3 Å². The van der Waals surface area contributed by atoms with Crippen molar-refractivity contribution in [3.8, 4) is 5.75 Å². The first-order valence-corrected chi connectivity index (χ1v) is 25.8. The molecule has 8 N–H and O–H groups in total. The van der Waals surface area contributed by atoms with Crippen molar-refractivity contribution in [2.75, 3.05) is 34.3 Å². The number of likely N-dealkylation sites (tertiary alicyclic amines) is 2. The van der Waals surface area contributed by atoms with Crippen LogP contribution in [0.1, 0.15) is 125 Å². The van der Waals surface area contributed by atoms with Gasteiger partial charge >= 0.3 is 0 Å². The Hall–Kier alpha value is -6.28. The normalized spacial score (nSPS) is 20.0. The van der Waals surface area contributed by atoms with Crippen molar-refractivity contribution in [2.45, 2.75) is 141 Å². The number of likely N-dealkylation sites (N-methyl/N-ethyl adjacent to an activating group) is 2. The fourth-order valence-electron chi connectivity index (χ4n) is 9.19. The molecule has 2 aliphatic heterocycles. The quantitative estimate of drug-likeness (QED) is 0.0675. The van der Waals surface area contributed by atoms with E-state index in [2.05, 4.69) is 42.5 Å². The number of nitrogens with one attached hydrogen (secondary N) is 8. The molecule has 0 aliphatic carbocycles. The molecule has 0 radical (unpaired) electrons. The van der Waals surface area contributed by atoms with Crippen molar-refractivity contribution < 1.29 is 43.1 Å². The first-order chi connectivity index (χ1) is 35.2. The lowest BCUT2D eigenvalue weighted by Gasteiger charge is -2.32. The molecule has 19 nitrogen and oxygen atoms in total. The Morgan fingerprint density at radius 3 is 1.22 bits per heavy atom. The highest BCUT2D eigenvalue weighted by molar-refractivity contribution is 6.01. The summed E-state index contributed by atoms with van der Waals surface area (Å²) in [6, 6.07) is 15.7. The fourth-order valence-corrected chi connectivity index (χ4v) is 9.19. The van der Waals surface area contributed by atoms with Crippen molar-refractivity contribution in [3.63, 3.8) is 0 Å². The largest absolute Gasteiger partial charge is 0.497 e. The van der Waals surface area contributed by atoms with Crippen LogP contribution in [0.2, 0.25) is 0 Å². The number of halogens is 2. The first kappa shape index (κ1) is 64.0. The van der Waals surface area contributed by atoms with Crippen molar-refractivity contribution in [3.05, 3.63) is 101 Å². The summed E-state index contributed by atoms with van der Waals surface area (Å²) < 4.78 is 5.56. The minimum absolute atomic E-state index is 0. The number of rotatable bonds is 23. The Bertz CT molecular complexity index is 2290. The van der Waals surface area contributed by atoms with Crippen LogP contribution in [-0.4, -0.2) is 140 Å². The summed E-state index contributed by atoms with van der Waals surface area (Å²) in [5.41, 5.74) is 1.83. The van der Waals surface area contributed by atoms with Gasteiger partial charge in [0.05, 0.1) is 31.3 Å². The number of ether oxygens (including phenoxy) is 1. The van der Waals surface area contributed by atoms with Gasteiger partial charge in [0.1, 0.15) is 29.9 Å². The third-order valence-electron chi connectivity index (χ3n) is 14.6. The Balaban J connectivity index is 0.00000760. The summed E-state index contributed by atoms with van der Waals surface area (Å²) in [7, 11) is 4.68. The maximum Gasteiger partial charge on any atom is 0.251 e.